The van der Waals surface area contributed by atoms with Crippen LogP contribution in [0.3, 0.4) is 0 Å². The second-order valence-electron chi connectivity index (χ2n) is 8.00. The summed E-state index contributed by atoms with van der Waals surface area (Å²) in [5.41, 5.74) is 4.29. The van der Waals surface area contributed by atoms with E-state index in [2.05, 4.69) is 9.88 Å². The van der Waals surface area contributed by atoms with E-state index in [1.165, 1.54) is 18.6 Å². The van der Waals surface area contributed by atoms with Crippen molar-refractivity contribution in [1.29, 1.82) is 0 Å². The van der Waals surface area contributed by atoms with Gasteiger partial charge in [0.2, 0.25) is 0 Å². The van der Waals surface area contributed by atoms with Gasteiger partial charge in [-0.25, -0.2) is 4.39 Å². The number of likely N-dealkylation sites (tertiary alicyclic amines) is 1. The normalized spacial score (nSPS) is 16.9. The number of aromatic nitrogens is 1. The number of aliphatic hydroxyl groups excluding tert-OH is 1. The van der Waals surface area contributed by atoms with Crippen molar-refractivity contribution in [1.82, 2.24) is 9.88 Å². The Balaban J connectivity index is 1.78. The van der Waals surface area contributed by atoms with Gasteiger partial charge < -0.3 is 5.11 Å². The van der Waals surface area contributed by atoms with Crippen molar-refractivity contribution in [2.45, 2.75) is 38.3 Å². The number of rotatable bonds is 5. The van der Waals surface area contributed by atoms with Gasteiger partial charge in [-0.3, -0.25) is 9.88 Å². The molecule has 2 atom stereocenters. The summed E-state index contributed by atoms with van der Waals surface area (Å²) in [6.45, 7) is 3.80. The van der Waals surface area contributed by atoms with Crippen molar-refractivity contribution in [2.24, 2.45) is 0 Å². The molecule has 0 amide bonds. The molecule has 2 aromatic carbocycles. The average molecular weight is 425 g/mol. The number of aliphatic hydroxyl groups is 1. The zero-order chi connectivity index (χ0) is 21.1. The fraction of sp³-hybridized carbons (Fsp3) is 0.320. The third-order valence-electron chi connectivity index (χ3n) is 5.77. The second kappa shape index (κ2) is 9.25. The van der Waals surface area contributed by atoms with Gasteiger partial charge in [0.25, 0.3) is 0 Å². The molecule has 2 heterocycles. The molecule has 1 aliphatic heterocycles. The monoisotopic (exact) mass is 424 g/mol. The average Bonchev–Trinajstić information content (AvgIpc) is 2.75. The van der Waals surface area contributed by atoms with Crippen LogP contribution in [0.15, 0.2) is 60.8 Å². The standard InChI is InChI=1S/C25H26ClFN2O/c1-17-14-19(16-20(26)15-17)23-22(6-5-11-28-23)25(30)24(29-12-3-2-4-13-29)18-7-9-21(27)10-8-18/h5-11,14-16,24-25,30H,2-4,12-13H2,1H3/t24-,25+/m0/s1. The SMILES string of the molecule is Cc1cc(Cl)cc(-c2ncccc2[C@@H](O)[C@H](c2ccc(F)cc2)N2CCCCC2)c1. The molecule has 1 saturated heterocycles. The first-order chi connectivity index (χ1) is 14.5. The van der Waals surface area contributed by atoms with E-state index >= 15 is 0 Å². The zero-order valence-corrected chi connectivity index (χ0v) is 17.8. The highest BCUT2D eigenvalue weighted by molar-refractivity contribution is 6.30. The van der Waals surface area contributed by atoms with E-state index < -0.39 is 6.10 Å². The first kappa shape index (κ1) is 21.0. The number of benzene rings is 2. The highest BCUT2D eigenvalue weighted by Crippen LogP contribution is 2.39. The summed E-state index contributed by atoms with van der Waals surface area (Å²) in [5, 5.41) is 12.3. The number of piperidine rings is 1. The number of pyridine rings is 1. The number of aryl methyl sites for hydroxylation is 1. The smallest absolute Gasteiger partial charge is 0.123 e. The molecule has 0 saturated carbocycles. The predicted octanol–water partition coefficient (Wildman–Crippen LogP) is 6.11. The summed E-state index contributed by atoms with van der Waals surface area (Å²) in [6, 6.07) is 15.8. The van der Waals surface area contributed by atoms with Gasteiger partial charge in [-0.2, -0.15) is 0 Å². The van der Waals surface area contributed by atoms with Crippen molar-refractivity contribution >= 4 is 11.6 Å². The maximum Gasteiger partial charge on any atom is 0.123 e. The van der Waals surface area contributed by atoms with Gasteiger partial charge in [0.15, 0.2) is 0 Å². The molecular formula is C25H26ClFN2O. The van der Waals surface area contributed by atoms with Crippen LogP contribution in [0.4, 0.5) is 4.39 Å². The number of hydrogen-bond acceptors (Lipinski definition) is 3. The van der Waals surface area contributed by atoms with Crippen LogP contribution in [0.25, 0.3) is 11.3 Å². The molecule has 156 valence electrons. The summed E-state index contributed by atoms with van der Waals surface area (Å²) in [5.74, 6) is -0.276. The molecule has 1 aliphatic rings. The van der Waals surface area contributed by atoms with Gasteiger partial charge in [0.05, 0.1) is 11.7 Å². The third-order valence-corrected chi connectivity index (χ3v) is 5.99. The summed E-state index contributed by atoms with van der Waals surface area (Å²) < 4.78 is 13.6. The lowest BCUT2D eigenvalue weighted by atomic mass is 9.90. The van der Waals surface area contributed by atoms with E-state index in [0.717, 1.165) is 53.9 Å². The Morgan fingerprint density at radius 2 is 1.77 bits per heavy atom. The van der Waals surface area contributed by atoms with Gasteiger partial charge in [0, 0.05) is 22.3 Å². The largest absolute Gasteiger partial charge is 0.386 e. The maximum absolute atomic E-state index is 13.6. The minimum atomic E-state index is -0.809. The first-order valence-electron chi connectivity index (χ1n) is 10.4. The van der Waals surface area contributed by atoms with Gasteiger partial charge in [0.1, 0.15) is 11.9 Å². The minimum absolute atomic E-state index is 0.269. The Kier molecular flexibility index (Phi) is 6.47. The van der Waals surface area contributed by atoms with Crippen LogP contribution in [0, 0.1) is 12.7 Å². The van der Waals surface area contributed by atoms with E-state index in [4.69, 9.17) is 11.6 Å². The Labute approximate surface area is 182 Å². The van der Waals surface area contributed by atoms with Crippen LogP contribution in [-0.4, -0.2) is 28.1 Å². The van der Waals surface area contributed by atoms with Crippen molar-refractivity contribution < 1.29 is 9.50 Å². The van der Waals surface area contributed by atoms with Gasteiger partial charge in [-0.15, -0.1) is 0 Å². The third kappa shape index (κ3) is 4.56. The fourth-order valence-corrected chi connectivity index (χ4v) is 4.68. The highest BCUT2D eigenvalue weighted by atomic mass is 35.5. The summed E-state index contributed by atoms with van der Waals surface area (Å²) >= 11 is 6.29. The molecule has 1 fully saturated rings. The summed E-state index contributed by atoms with van der Waals surface area (Å²) in [4.78, 5) is 6.90. The molecule has 0 unspecified atom stereocenters. The van der Waals surface area contributed by atoms with Crippen LogP contribution in [0.1, 0.15) is 48.1 Å². The van der Waals surface area contributed by atoms with Crippen LogP contribution >= 0.6 is 11.6 Å². The van der Waals surface area contributed by atoms with Gasteiger partial charge in [-0.05, 0) is 80.4 Å². The Morgan fingerprint density at radius 1 is 1.03 bits per heavy atom. The van der Waals surface area contributed by atoms with E-state index in [1.54, 1.807) is 18.3 Å². The Hall–Kier alpha value is -2.27. The second-order valence-corrected chi connectivity index (χ2v) is 8.43. The molecule has 1 aromatic heterocycles. The number of hydrogen-bond donors (Lipinski definition) is 1. The minimum Gasteiger partial charge on any atom is -0.386 e. The Bertz CT molecular complexity index is 982. The zero-order valence-electron chi connectivity index (χ0n) is 17.1. The number of nitrogens with zero attached hydrogens (tertiary/aromatic N) is 2. The van der Waals surface area contributed by atoms with E-state index in [0.29, 0.717) is 5.02 Å². The van der Waals surface area contributed by atoms with Crippen LogP contribution in [-0.2, 0) is 0 Å². The highest BCUT2D eigenvalue weighted by Gasteiger charge is 2.31. The van der Waals surface area contributed by atoms with Crippen molar-refractivity contribution in [3.8, 4) is 11.3 Å². The molecule has 0 bridgehead atoms. The molecule has 3 aromatic rings. The lowest BCUT2D eigenvalue weighted by Gasteiger charge is -2.38. The van der Waals surface area contributed by atoms with Crippen molar-refractivity contribution in [3.05, 3.63) is 88.3 Å². The summed E-state index contributed by atoms with van der Waals surface area (Å²) in [6.07, 6.45) is 4.31. The topological polar surface area (TPSA) is 36.4 Å². The van der Waals surface area contributed by atoms with Crippen molar-refractivity contribution in [3.63, 3.8) is 0 Å². The lowest BCUT2D eigenvalue weighted by molar-refractivity contribution is 0.0363. The van der Waals surface area contributed by atoms with Crippen LogP contribution in [0.2, 0.25) is 5.02 Å². The molecule has 30 heavy (non-hydrogen) atoms. The Morgan fingerprint density at radius 3 is 2.47 bits per heavy atom. The molecule has 3 nitrogen and oxygen atoms in total. The molecule has 1 N–H and O–H groups in total. The fourth-order valence-electron chi connectivity index (χ4n) is 4.39. The van der Waals surface area contributed by atoms with E-state index in [9.17, 15) is 9.50 Å². The van der Waals surface area contributed by atoms with Crippen LogP contribution < -0.4 is 0 Å². The predicted molar refractivity (Wildman–Crippen MR) is 119 cm³/mol. The van der Waals surface area contributed by atoms with Crippen molar-refractivity contribution in [2.75, 3.05) is 13.1 Å². The first-order valence-corrected chi connectivity index (χ1v) is 10.8. The molecule has 0 spiro atoms. The summed E-state index contributed by atoms with van der Waals surface area (Å²) in [7, 11) is 0. The number of halogens is 2. The molecule has 5 heteroatoms. The maximum atomic E-state index is 13.6. The van der Waals surface area contributed by atoms with E-state index in [-0.39, 0.29) is 11.9 Å². The van der Waals surface area contributed by atoms with Gasteiger partial charge in [-0.1, -0.05) is 36.2 Å². The molecule has 0 radical (unpaired) electrons. The molecular weight excluding hydrogens is 399 g/mol. The van der Waals surface area contributed by atoms with E-state index in [1.807, 2.05) is 37.3 Å². The van der Waals surface area contributed by atoms with Gasteiger partial charge >= 0.3 is 0 Å². The quantitative estimate of drug-likeness (QED) is 0.536. The van der Waals surface area contributed by atoms with Crippen LogP contribution in [0.5, 0.6) is 0 Å². The molecule has 4 rings (SSSR count). The molecule has 0 aliphatic carbocycles. The lowest BCUT2D eigenvalue weighted by Crippen LogP contribution is -2.37.